The van der Waals surface area contributed by atoms with Crippen molar-refractivity contribution in [3.05, 3.63) is 17.5 Å². The first-order valence-corrected chi connectivity index (χ1v) is 9.40. The molecule has 6 nitrogen and oxygen atoms in total. The van der Waals surface area contributed by atoms with Crippen LogP contribution in [0.3, 0.4) is 0 Å². The van der Waals surface area contributed by atoms with Crippen LogP contribution in [0.2, 0.25) is 0 Å². The summed E-state index contributed by atoms with van der Waals surface area (Å²) in [6.45, 7) is 12.5. The lowest BCUT2D eigenvalue weighted by Crippen LogP contribution is -2.42. The maximum atomic E-state index is 5.41. The van der Waals surface area contributed by atoms with Crippen molar-refractivity contribution in [3.8, 4) is 0 Å². The minimum absolute atomic E-state index is 0. The van der Waals surface area contributed by atoms with Crippen LogP contribution in [0.5, 0.6) is 0 Å². The fourth-order valence-electron chi connectivity index (χ4n) is 3.59. The lowest BCUT2D eigenvalue weighted by molar-refractivity contribution is 0.249. The molecule has 1 aromatic rings. The van der Waals surface area contributed by atoms with E-state index in [0.29, 0.717) is 18.5 Å². The molecule has 1 unspecified atom stereocenters. The number of aliphatic imine (C=N–C) groups is 1. The van der Waals surface area contributed by atoms with Crippen LogP contribution in [0.4, 0.5) is 0 Å². The molecule has 1 aromatic heterocycles. The number of aromatic nitrogens is 1. The number of halogens is 1. The van der Waals surface area contributed by atoms with Gasteiger partial charge in [-0.25, -0.2) is 4.99 Å². The molecule has 2 aliphatic rings. The lowest BCUT2D eigenvalue weighted by atomic mass is 10.1. The van der Waals surface area contributed by atoms with Crippen LogP contribution in [0.25, 0.3) is 0 Å². The molecule has 0 bridgehead atoms. The number of likely N-dealkylation sites (tertiary alicyclic amines) is 2. The predicted molar refractivity (Wildman–Crippen MR) is 112 cm³/mol. The smallest absolute Gasteiger partial charge is 0.194 e. The second kappa shape index (κ2) is 9.75. The fraction of sp³-hybridized carbons (Fsp3) is 0.778. The Hall–Kier alpha value is -0.830. The Kier molecular flexibility index (Phi) is 7.99. The Morgan fingerprint density at radius 2 is 2.12 bits per heavy atom. The quantitative estimate of drug-likeness (QED) is 0.415. The van der Waals surface area contributed by atoms with E-state index in [1.807, 2.05) is 6.07 Å². The van der Waals surface area contributed by atoms with Crippen molar-refractivity contribution >= 4 is 29.9 Å². The third-order valence-corrected chi connectivity index (χ3v) is 5.01. The average molecular weight is 461 g/mol. The van der Waals surface area contributed by atoms with Gasteiger partial charge in [0, 0.05) is 31.7 Å². The molecule has 3 heterocycles. The van der Waals surface area contributed by atoms with Crippen molar-refractivity contribution in [3.63, 3.8) is 0 Å². The Balaban J connectivity index is 0.00000225. The van der Waals surface area contributed by atoms with Gasteiger partial charge in [-0.2, -0.15) is 0 Å². The largest absolute Gasteiger partial charge is 0.359 e. The zero-order valence-electron chi connectivity index (χ0n) is 15.7. The third kappa shape index (κ3) is 5.32. The van der Waals surface area contributed by atoms with Gasteiger partial charge in [0.25, 0.3) is 0 Å². The predicted octanol–water partition coefficient (Wildman–Crippen LogP) is 3.05. The molecule has 3 rings (SSSR count). The van der Waals surface area contributed by atoms with Crippen molar-refractivity contribution < 1.29 is 4.52 Å². The number of hydrogen-bond acceptors (Lipinski definition) is 4. The Bertz CT molecular complexity index is 553. The van der Waals surface area contributed by atoms with Gasteiger partial charge in [-0.1, -0.05) is 19.0 Å². The van der Waals surface area contributed by atoms with Crippen LogP contribution in [0.1, 0.15) is 57.4 Å². The SMILES string of the molecule is CCNC(=NCc1cc(C(C)C)no1)N1CCC(N2CCCC2)C1.I. The van der Waals surface area contributed by atoms with Gasteiger partial charge < -0.3 is 14.7 Å². The van der Waals surface area contributed by atoms with E-state index in [1.54, 1.807) is 0 Å². The molecule has 0 amide bonds. The minimum Gasteiger partial charge on any atom is -0.359 e. The Morgan fingerprint density at radius 1 is 1.36 bits per heavy atom. The highest BCUT2D eigenvalue weighted by atomic mass is 127. The van der Waals surface area contributed by atoms with Crippen molar-refractivity contribution in [2.75, 3.05) is 32.7 Å². The standard InChI is InChI=1S/C18H31N5O.HI/c1-4-19-18(20-12-16-11-17(14(2)3)21-24-16)23-10-7-15(13-23)22-8-5-6-9-22;/h11,14-15H,4-10,12-13H2,1-3H3,(H,19,20);1H. The number of hydrogen-bond donors (Lipinski definition) is 1. The number of rotatable bonds is 5. The molecule has 2 aliphatic heterocycles. The van der Waals surface area contributed by atoms with E-state index in [9.17, 15) is 0 Å². The summed E-state index contributed by atoms with van der Waals surface area (Å²) in [5.41, 5.74) is 1.00. The first kappa shape index (κ1) is 20.5. The van der Waals surface area contributed by atoms with Gasteiger partial charge >= 0.3 is 0 Å². The van der Waals surface area contributed by atoms with E-state index in [-0.39, 0.29) is 24.0 Å². The van der Waals surface area contributed by atoms with Crippen molar-refractivity contribution in [1.82, 2.24) is 20.3 Å². The van der Waals surface area contributed by atoms with Crippen LogP contribution in [-0.4, -0.2) is 59.7 Å². The topological polar surface area (TPSA) is 56.9 Å². The zero-order valence-corrected chi connectivity index (χ0v) is 18.0. The number of guanidine groups is 1. The molecular formula is C18H32IN5O. The molecule has 1 N–H and O–H groups in total. The number of nitrogens with one attached hydrogen (secondary N) is 1. The summed E-state index contributed by atoms with van der Waals surface area (Å²) in [4.78, 5) is 9.82. The van der Waals surface area contributed by atoms with Gasteiger partial charge in [0.05, 0.1) is 5.69 Å². The molecule has 25 heavy (non-hydrogen) atoms. The monoisotopic (exact) mass is 461 g/mol. The first-order valence-electron chi connectivity index (χ1n) is 9.40. The summed E-state index contributed by atoms with van der Waals surface area (Å²) in [5, 5.41) is 7.55. The molecular weight excluding hydrogens is 429 g/mol. The van der Waals surface area contributed by atoms with Crippen LogP contribution < -0.4 is 5.32 Å². The lowest BCUT2D eigenvalue weighted by Gasteiger charge is -2.25. The summed E-state index contributed by atoms with van der Waals surface area (Å²) in [7, 11) is 0. The van der Waals surface area contributed by atoms with Gasteiger partial charge in [-0.3, -0.25) is 4.90 Å². The first-order chi connectivity index (χ1) is 11.7. The van der Waals surface area contributed by atoms with Crippen molar-refractivity contribution in [2.24, 2.45) is 4.99 Å². The molecule has 0 aliphatic carbocycles. The van der Waals surface area contributed by atoms with Crippen LogP contribution >= 0.6 is 24.0 Å². The molecule has 1 atom stereocenters. The van der Waals surface area contributed by atoms with Gasteiger partial charge in [-0.15, -0.1) is 24.0 Å². The highest BCUT2D eigenvalue weighted by Crippen LogP contribution is 2.21. The van der Waals surface area contributed by atoms with E-state index in [1.165, 1.54) is 32.4 Å². The second-order valence-electron chi connectivity index (χ2n) is 7.17. The van der Waals surface area contributed by atoms with E-state index >= 15 is 0 Å². The summed E-state index contributed by atoms with van der Waals surface area (Å²) in [6.07, 6.45) is 3.95. The van der Waals surface area contributed by atoms with Crippen molar-refractivity contribution in [1.29, 1.82) is 0 Å². The molecule has 7 heteroatoms. The van der Waals surface area contributed by atoms with Crippen LogP contribution in [0.15, 0.2) is 15.6 Å². The second-order valence-corrected chi connectivity index (χ2v) is 7.17. The summed E-state index contributed by atoms with van der Waals surface area (Å²) < 4.78 is 5.41. The average Bonchev–Trinajstić information content (AvgIpc) is 3.32. The van der Waals surface area contributed by atoms with Gasteiger partial charge in [0.1, 0.15) is 6.54 Å². The van der Waals surface area contributed by atoms with E-state index < -0.39 is 0 Å². The minimum atomic E-state index is 0. The van der Waals surface area contributed by atoms with Gasteiger partial charge in [0.15, 0.2) is 11.7 Å². The highest BCUT2D eigenvalue weighted by Gasteiger charge is 2.30. The molecule has 0 aromatic carbocycles. The van der Waals surface area contributed by atoms with Crippen molar-refractivity contribution in [2.45, 2.75) is 58.5 Å². The van der Waals surface area contributed by atoms with E-state index in [0.717, 1.165) is 37.0 Å². The Morgan fingerprint density at radius 3 is 2.76 bits per heavy atom. The van der Waals surface area contributed by atoms with Crippen LogP contribution in [-0.2, 0) is 6.54 Å². The summed E-state index contributed by atoms with van der Waals surface area (Å²) >= 11 is 0. The molecule has 142 valence electrons. The fourth-order valence-corrected chi connectivity index (χ4v) is 3.59. The summed E-state index contributed by atoms with van der Waals surface area (Å²) in [5.74, 6) is 2.23. The molecule has 0 radical (unpaired) electrons. The van der Waals surface area contributed by atoms with Gasteiger partial charge in [0.2, 0.25) is 0 Å². The molecule has 2 fully saturated rings. The molecule has 0 saturated carbocycles. The number of nitrogens with zero attached hydrogens (tertiary/aromatic N) is 4. The Labute approximate surface area is 168 Å². The zero-order chi connectivity index (χ0) is 16.9. The summed E-state index contributed by atoms with van der Waals surface area (Å²) in [6, 6.07) is 2.71. The van der Waals surface area contributed by atoms with E-state index in [2.05, 4.69) is 41.0 Å². The highest BCUT2D eigenvalue weighted by molar-refractivity contribution is 14.0. The van der Waals surface area contributed by atoms with E-state index in [4.69, 9.17) is 9.52 Å². The molecule has 2 saturated heterocycles. The normalized spacial score (nSPS) is 21.8. The van der Waals surface area contributed by atoms with Gasteiger partial charge in [-0.05, 0) is 45.2 Å². The maximum absolute atomic E-state index is 5.41. The van der Waals surface area contributed by atoms with Crippen LogP contribution in [0, 0.1) is 0 Å². The third-order valence-electron chi connectivity index (χ3n) is 5.01. The molecule has 0 spiro atoms. The maximum Gasteiger partial charge on any atom is 0.194 e.